The maximum Gasteiger partial charge on any atom is 0.258 e. The van der Waals surface area contributed by atoms with Gasteiger partial charge in [-0.25, -0.2) is 0 Å². The van der Waals surface area contributed by atoms with Crippen LogP contribution in [0, 0.1) is 6.92 Å². The fraction of sp³-hybridized carbons (Fsp3) is 0.323. The monoisotopic (exact) mass is 452 g/mol. The minimum atomic E-state index is 0.0867. The molecule has 34 heavy (non-hydrogen) atoms. The van der Waals surface area contributed by atoms with Crippen molar-refractivity contribution in [2.75, 3.05) is 13.1 Å². The Balaban J connectivity index is 0.00000133. The van der Waals surface area contributed by atoms with E-state index in [1.54, 1.807) is 0 Å². The summed E-state index contributed by atoms with van der Waals surface area (Å²) in [6, 6.07) is 25.6. The zero-order chi connectivity index (χ0) is 23.9. The van der Waals surface area contributed by atoms with Crippen molar-refractivity contribution in [2.45, 2.75) is 53.1 Å². The second kappa shape index (κ2) is 11.3. The van der Waals surface area contributed by atoms with Crippen LogP contribution in [0.3, 0.4) is 0 Å². The molecule has 3 heteroatoms. The summed E-state index contributed by atoms with van der Waals surface area (Å²) in [6.45, 7) is 10.3. The van der Waals surface area contributed by atoms with E-state index in [0.29, 0.717) is 6.54 Å². The molecule has 0 saturated carbocycles. The molecule has 0 radical (unpaired) electrons. The number of likely N-dealkylation sites (tertiary alicyclic amines) is 1. The van der Waals surface area contributed by atoms with Gasteiger partial charge in [0.1, 0.15) is 0 Å². The number of hydrogen-bond acceptors (Lipinski definition) is 2. The SMILES string of the molecule is CC.Cc1ccc(-c2ccc3c(=O)n(CCc4ccc(CN5CCCC5)cc4)ccc3c2)cc1. The summed E-state index contributed by atoms with van der Waals surface area (Å²) < 4.78 is 1.84. The lowest BCUT2D eigenvalue weighted by Crippen LogP contribution is -2.20. The van der Waals surface area contributed by atoms with E-state index in [0.717, 1.165) is 29.3 Å². The van der Waals surface area contributed by atoms with Gasteiger partial charge in [-0.1, -0.05) is 74.0 Å². The Labute approximate surface area is 203 Å². The summed E-state index contributed by atoms with van der Waals surface area (Å²) in [7, 11) is 0. The maximum absolute atomic E-state index is 13.0. The van der Waals surface area contributed by atoms with Gasteiger partial charge in [0.25, 0.3) is 5.56 Å². The third kappa shape index (κ3) is 5.66. The molecule has 0 amide bonds. The number of pyridine rings is 1. The first-order chi connectivity index (χ1) is 16.7. The van der Waals surface area contributed by atoms with Gasteiger partial charge in [-0.15, -0.1) is 0 Å². The van der Waals surface area contributed by atoms with Gasteiger partial charge in [0.15, 0.2) is 0 Å². The predicted molar refractivity (Wildman–Crippen MR) is 144 cm³/mol. The molecule has 1 fully saturated rings. The molecule has 1 saturated heterocycles. The van der Waals surface area contributed by atoms with E-state index in [-0.39, 0.29) is 5.56 Å². The summed E-state index contributed by atoms with van der Waals surface area (Å²) >= 11 is 0. The molecule has 0 unspecified atom stereocenters. The van der Waals surface area contributed by atoms with E-state index in [2.05, 4.69) is 78.6 Å². The largest absolute Gasteiger partial charge is 0.315 e. The van der Waals surface area contributed by atoms with Crippen molar-refractivity contribution in [3.63, 3.8) is 0 Å². The highest BCUT2D eigenvalue weighted by Crippen LogP contribution is 2.23. The van der Waals surface area contributed by atoms with Crippen LogP contribution >= 0.6 is 0 Å². The summed E-state index contributed by atoms with van der Waals surface area (Å²) in [6.07, 6.45) is 5.44. The fourth-order valence-electron chi connectivity index (χ4n) is 4.65. The van der Waals surface area contributed by atoms with Crippen molar-refractivity contribution < 1.29 is 0 Å². The van der Waals surface area contributed by atoms with Crippen molar-refractivity contribution in [1.82, 2.24) is 9.47 Å². The molecule has 176 valence electrons. The second-order valence-corrected chi connectivity index (χ2v) is 9.03. The zero-order valence-electron chi connectivity index (χ0n) is 20.8. The van der Waals surface area contributed by atoms with E-state index >= 15 is 0 Å². The minimum absolute atomic E-state index is 0.0867. The lowest BCUT2D eigenvalue weighted by atomic mass is 10.0. The first kappa shape index (κ1) is 24.0. The molecule has 3 aromatic carbocycles. The minimum Gasteiger partial charge on any atom is -0.315 e. The highest BCUT2D eigenvalue weighted by molar-refractivity contribution is 5.86. The Bertz CT molecular complexity index is 1260. The number of aromatic nitrogens is 1. The van der Waals surface area contributed by atoms with E-state index in [9.17, 15) is 4.79 Å². The predicted octanol–water partition coefficient (Wildman–Crippen LogP) is 6.84. The number of nitrogens with zero attached hydrogens (tertiary/aromatic N) is 2. The third-order valence-electron chi connectivity index (χ3n) is 6.63. The van der Waals surface area contributed by atoms with Crippen LogP contribution in [0.15, 0.2) is 83.8 Å². The zero-order valence-corrected chi connectivity index (χ0v) is 20.8. The second-order valence-electron chi connectivity index (χ2n) is 9.03. The van der Waals surface area contributed by atoms with Crippen LogP contribution in [0.5, 0.6) is 0 Å². The number of hydrogen-bond donors (Lipinski definition) is 0. The first-order valence-corrected chi connectivity index (χ1v) is 12.7. The standard InChI is InChI=1S/C29H30N2O.C2H6/c1-22-4-10-25(11-5-22)26-12-13-28-27(20-26)15-19-31(29(28)32)18-14-23-6-8-24(9-7-23)21-30-16-2-3-17-30;1-2/h4-13,15,19-20H,2-3,14,16-18,21H2,1H3;1-2H3. The number of rotatable bonds is 6. The van der Waals surface area contributed by atoms with Crippen LogP contribution in [0.4, 0.5) is 0 Å². The quantitative estimate of drug-likeness (QED) is 0.320. The molecule has 0 bridgehead atoms. The topological polar surface area (TPSA) is 25.2 Å². The molecule has 1 aromatic heterocycles. The van der Waals surface area contributed by atoms with Crippen molar-refractivity contribution >= 4 is 10.8 Å². The van der Waals surface area contributed by atoms with Gasteiger partial charge in [-0.3, -0.25) is 9.69 Å². The molecule has 3 nitrogen and oxygen atoms in total. The molecule has 0 atom stereocenters. The van der Waals surface area contributed by atoms with Crippen molar-refractivity contribution in [2.24, 2.45) is 0 Å². The van der Waals surface area contributed by atoms with Crippen LogP contribution in [0.1, 0.15) is 43.4 Å². The Kier molecular flexibility index (Phi) is 7.97. The van der Waals surface area contributed by atoms with Crippen LogP contribution < -0.4 is 5.56 Å². The molecule has 1 aliphatic heterocycles. The van der Waals surface area contributed by atoms with E-state index < -0.39 is 0 Å². The highest BCUT2D eigenvalue weighted by atomic mass is 16.1. The number of benzene rings is 3. The Morgan fingerprint density at radius 2 is 1.41 bits per heavy atom. The summed E-state index contributed by atoms with van der Waals surface area (Å²) in [4.78, 5) is 15.6. The average Bonchev–Trinajstić information content (AvgIpc) is 3.39. The lowest BCUT2D eigenvalue weighted by molar-refractivity contribution is 0.331. The van der Waals surface area contributed by atoms with Gasteiger partial charge in [0.2, 0.25) is 0 Å². The average molecular weight is 453 g/mol. The lowest BCUT2D eigenvalue weighted by Gasteiger charge is -2.14. The molecule has 0 spiro atoms. The van der Waals surface area contributed by atoms with Gasteiger partial charge in [-0.2, -0.15) is 0 Å². The molecule has 5 rings (SSSR count). The van der Waals surface area contributed by atoms with E-state index in [1.807, 2.05) is 30.7 Å². The number of aryl methyl sites for hydroxylation is 3. The van der Waals surface area contributed by atoms with Crippen LogP contribution in [-0.4, -0.2) is 22.6 Å². The van der Waals surface area contributed by atoms with Crippen molar-refractivity contribution in [3.05, 3.63) is 106 Å². The smallest absolute Gasteiger partial charge is 0.258 e. The normalized spacial score (nSPS) is 13.6. The van der Waals surface area contributed by atoms with Gasteiger partial charge >= 0.3 is 0 Å². The molecule has 2 heterocycles. The van der Waals surface area contributed by atoms with Crippen LogP contribution in [0.2, 0.25) is 0 Å². The maximum atomic E-state index is 13.0. The number of fused-ring (bicyclic) bond motifs is 1. The van der Waals surface area contributed by atoms with Gasteiger partial charge in [0, 0.05) is 24.7 Å². The molecule has 4 aromatic rings. The van der Waals surface area contributed by atoms with E-state index in [4.69, 9.17) is 0 Å². The summed E-state index contributed by atoms with van der Waals surface area (Å²) in [5, 5.41) is 1.78. The molecule has 1 aliphatic rings. The molecule has 0 N–H and O–H groups in total. The van der Waals surface area contributed by atoms with Gasteiger partial charge < -0.3 is 4.57 Å². The molecular formula is C31H36N2O. The Morgan fingerprint density at radius 3 is 2.12 bits per heavy atom. The van der Waals surface area contributed by atoms with Crippen LogP contribution in [-0.2, 0) is 19.5 Å². The van der Waals surface area contributed by atoms with Gasteiger partial charge in [-0.05, 0) is 85.1 Å². The molecule has 0 aliphatic carbocycles. The summed E-state index contributed by atoms with van der Waals surface area (Å²) in [5.41, 5.74) is 6.31. The van der Waals surface area contributed by atoms with Gasteiger partial charge in [0.05, 0.1) is 0 Å². The van der Waals surface area contributed by atoms with Crippen LogP contribution in [0.25, 0.3) is 21.9 Å². The fourth-order valence-corrected chi connectivity index (χ4v) is 4.65. The first-order valence-electron chi connectivity index (χ1n) is 12.7. The van der Waals surface area contributed by atoms with E-state index in [1.165, 1.54) is 48.2 Å². The molecular weight excluding hydrogens is 416 g/mol. The Morgan fingerprint density at radius 1 is 0.765 bits per heavy atom. The van der Waals surface area contributed by atoms with Crippen molar-refractivity contribution in [3.8, 4) is 11.1 Å². The Hall–Kier alpha value is -3.17. The highest BCUT2D eigenvalue weighted by Gasteiger charge is 2.11. The third-order valence-corrected chi connectivity index (χ3v) is 6.63. The summed E-state index contributed by atoms with van der Waals surface area (Å²) in [5.74, 6) is 0. The van der Waals surface area contributed by atoms with Crippen molar-refractivity contribution in [1.29, 1.82) is 0 Å².